The molecule has 3 aromatic heterocycles. The average molecular weight is 387 g/mol. The summed E-state index contributed by atoms with van der Waals surface area (Å²) in [5.74, 6) is 0.281. The molecule has 0 fully saturated rings. The van der Waals surface area contributed by atoms with Crippen LogP contribution in [0.1, 0.15) is 20.9 Å². The van der Waals surface area contributed by atoms with Crippen LogP contribution in [0, 0.1) is 13.8 Å². The number of aryl methyl sites for hydroxylation is 2. The molecule has 0 bridgehead atoms. The Morgan fingerprint density at radius 3 is 2.85 bits per heavy atom. The van der Waals surface area contributed by atoms with Crippen molar-refractivity contribution in [3.05, 3.63) is 63.3 Å². The van der Waals surface area contributed by atoms with Crippen LogP contribution in [0.5, 0.6) is 0 Å². The van der Waals surface area contributed by atoms with Crippen LogP contribution < -0.4 is 10.9 Å². The van der Waals surface area contributed by atoms with Crippen molar-refractivity contribution >= 4 is 29.0 Å². The van der Waals surface area contributed by atoms with Gasteiger partial charge < -0.3 is 5.32 Å². The normalized spacial score (nSPS) is 10.7. The minimum Gasteiger partial charge on any atom is -0.351 e. The van der Waals surface area contributed by atoms with E-state index in [9.17, 15) is 9.59 Å². The lowest BCUT2D eigenvalue weighted by atomic mass is 10.1. The molecule has 1 N–H and O–H groups in total. The van der Waals surface area contributed by atoms with Crippen LogP contribution in [0.3, 0.4) is 0 Å². The number of hydrogen-bond donors (Lipinski definition) is 1. The Morgan fingerprint density at radius 2 is 2.15 bits per heavy atom. The van der Waals surface area contributed by atoms with Crippen LogP contribution in [0.4, 0.5) is 0 Å². The summed E-state index contributed by atoms with van der Waals surface area (Å²) < 4.78 is 2.29. The number of carbonyl (C=O) groups excluding carboxylic acids is 1. The minimum absolute atomic E-state index is 0.146. The summed E-state index contributed by atoms with van der Waals surface area (Å²) >= 11 is 3.04. The zero-order valence-electron chi connectivity index (χ0n) is 14.3. The second-order valence-electron chi connectivity index (χ2n) is 5.45. The molecule has 134 valence electrons. The molecule has 0 saturated heterocycles. The molecular weight excluding hydrogens is 370 g/mol. The third-order valence-corrected chi connectivity index (χ3v) is 5.55. The number of pyridine rings is 2. The van der Waals surface area contributed by atoms with Gasteiger partial charge in [-0.1, -0.05) is 23.1 Å². The van der Waals surface area contributed by atoms with Crippen LogP contribution in [0.2, 0.25) is 0 Å². The summed E-state index contributed by atoms with van der Waals surface area (Å²) in [5, 5.41) is 11.7. The predicted molar refractivity (Wildman–Crippen MR) is 102 cm³/mol. The fraction of sp³-hybridized carbons (Fsp3) is 0.235. The fourth-order valence-corrected chi connectivity index (χ4v) is 4.07. The number of hydrogen-bond acceptors (Lipinski definition) is 7. The maximum absolute atomic E-state index is 12.7. The lowest BCUT2D eigenvalue weighted by Gasteiger charge is -2.10. The molecule has 7 nitrogen and oxygen atoms in total. The van der Waals surface area contributed by atoms with E-state index in [0.29, 0.717) is 23.5 Å². The van der Waals surface area contributed by atoms with Gasteiger partial charge in [-0.3, -0.25) is 19.1 Å². The first-order chi connectivity index (χ1) is 12.6. The van der Waals surface area contributed by atoms with Crippen LogP contribution in [-0.2, 0) is 0 Å². The zero-order valence-corrected chi connectivity index (χ0v) is 15.9. The lowest BCUT2D eigenvalue weighted by Crippen LogP contribution is -2.34. The van der Waals surface area contributed by atoms with Crippen LogP contribution >= 0.6 is 23.1 Å². The highest BCUT2D eigenvalue weighted by Gasteiger charge is 2.16. The maximum atomic E-state index is 12.7. The Balaban J connectivity index is 1.69. The molecule has 0 atom stereocenters. The Labute approximate surface area is 158 Å². The van der Waals surface area contributed by atoms with Gasteiger partial charge in [0.2, 0.25) is 0 Å². The van der Waals surface area contributed by atoms with E-state index in [-0.39, 0.29) is 17.0 Å². The highest BCUT2D eigenvalue weighted by atomic mass is 32.2. The molecule has 0 aliphatic heterocycles. The molecule has 0 aromatic carbocycles. The zero-order chi connectivity index (χ0) is 18.5. The molecule has 0 unspecified atom stereocenters. The molecule has 3 aromatic rings. The van der Waals surface area contributed by atoms with E-state index in [1.807, 2.05) is 6.92 Å². The molecule has 3 heterocycles. The Bertz CT molecular complexity index is 969. The molecule has 9 heteroatoms. The van der Waals surface area contributed by atoms with E-state index in [1.54, 1.807) is 43.7 Å². The van der Waals surface area contributed by atoms with Crippen molar-refractivity contribution < 1.29 is 4.79 Å². The monoisotopic (exact) mass is 387 g/mol. The van der Waals surface area contributed by atoms with E-state index < -0.39 is 0 Å². The molecule has 1 amide bonds. The first-order valence-corrected chi connectivity index (χ1v) is 9.70. The summed E-state index contributed by atoms with van der Waals surface area (Å²) in [6, 6.07) is 5.27. The van der Waals surface area contributed by atoms with Crippen molar-refractivity contribution in [1.82, 2.24) is 25.1 Å². The second-order valence-corrected chi connectivity index (χ2v) is 7.98. The third-order valence-electron chi connectivity index (χ3n) is 3.57. The van der Waals surface area contributed by atoms with Gasteiger partial charge in [-0.05, 0) is 37.6 Å². The van der Waals surface area contributed by atoms with Gasteiger partial charge in [-0.15, -0.1) is 10.2 Å². The first kappa shape index (κ1) is 18.3. The summed E-state index contributed by atoms with van der Waals surface area (Å²) in [6.45, 7) is 4.08. The number of nitrogens with zero attached hydrogens (tertiary/aromatic N) is 4. The molecule has 3 rings (SSSR count). The summed E-state index contributed by atoms with van der Waals surface area (Å²) in [4.78, 5) is 29.3. The van der Waals surface area contributed by atoms with E-state index in [0.717, 1.165) is 9.35 Å². The summed E-state index contributed by atoms with van der Waals surface area (Å²) in [5.41, 5.74) is 1.05. The number of thioether (sulfide) groups is 1. The molecule has 0 spiro atoms. The van der Waals surface area contributed by atoms with Crippen molar-refractivity contribution in [1.29, 1.82) is 0 Å². The highest BCUT2D eigenvalue weighted by Crippen LogP contribution is 2.20. The number of amides is 1. The minimum atomic E-state index is -0.375. The third kappa shape index (κ3) is 4.17. The summed E-state index contributed by atoms with van der Waals surface area (Å²) in [7, 11) is 0. The van der Waals surface area contributed by atoms with Gasteiger partial charge in [0, 0.05) is 24.7 Å². The Morgan fingerprint density at radius 1 is 1.31 bits per heavy atom. The van der Waals surface area contributed by atoms with Gasteiger partial charge >= 0.3 is 0 Å². The van der Waals surface area contributed by atoms with Crippen molar-refractivity contribution in [2.45, 2.75) is 18.2 Å². The molecule has 0 aliphatic carbocycles. The SMILES string of the molecule is Cc1nnc(SCCNC(=O)c2c(C)ccn(-c3cccnc3)c2=O)s1. The molecular formula is C17H17N5O2S2. The number of carbonyl (C=O) groups is 1. The highest BCUT2D eigenvalue weighted by molar-refractivity contribution is 8.01. The van der Waals surface area contributed by atoms with Gasteiger partial charge in [0.05, 0.1) is 11.9 Å². The molecule has 26 heavy (non-hydrogen) atoms. The molecule has 0 saturated carbocycles. The predicted octanol–water partition coefficient (Wildman–Crippen LogP) is 2.22. The van der Waals surface area contributed by atoms with Gasteiger partial charge in [0.1, 0.15) is 10.6 Å². The van der Waals surface area contributed by atoms with Crippen molar-refractivity contribution in [2.24, 2.45) is 0 Å². The van der Waals surface area contributed by atoms with Gasteiger partial charge in [-0.25, -0.2) is 0 Å². The number of nitrogens with one attached hydrogen (secondary N) is 1. The van der Waals surface area contributed by atoms with Crippen LogP contribution in [0.15, 0.2) is 45.9 Å². The average Bonchev–Trinajstić information content (AvgIpc) is 3.05. The van der Waals surface area contributed by atoms with Gasteiger partial charge in [-0.2, -0.15) is 0 Å². The fourth-order valence-electron chi connectivity index (χ4n) is 2.33. The van der Waals surface area contributed by atoms with Gasteiger partial charge in [0.25, 0.3) is 11.5 Å². The quantitative estimate of drug-likeness (QED) is 0.515. The number of aromatic nitrogens is 4. The van der Waals surface area contributed by atoms with Crippen LogP contribution in [-0.4, -0.2) is 38.0 Å². The Kier molecular flexibility index (Phi) is 5.79. The molecule has 0 radical (unpaired) electrons. The first-order valence-electron chi connectivity index (χ1n) is 7.90. The number of rotatable bonds is 6. The Hall–Kier alpha value is -2.52. The van der Waals surface area contributed by atoms with E-state index in [2.05, 4.69) is 20.5 Å². The van der Waals surface area contributed by atoms with Crippen molar-refractivity contribution in [3.8, 4) is 5.69 Å². The maximum Gasteiger partial charge on any atom is 0.268 e. The molecule has 0 aliphatic rings. The van der Waals surface area contributed by atoms with E-state index >= 15 is 0 Å². The van der Waals surface area contributed by atoms with E-state index in [4.69, 9.17) is 0 Å². The summed E-state index contributed by atoms with van der Waals surface area (Å²) in [6.07, 6.45) is 4.87. The topological polar surface area (TPSA) is 89.8 Å². The standard InChI is InChI=1S/C17H17N5O2S2/c1-11-5-8-22(13-4-3-6-18-10-13)16(24)14(11)15(23)19-7-9-25-17-21-20-12(2)26-17/h3-6,8,10H,7,9H2,1-2H3,(H,19,23). The van der Waals surface area contributed by atoms with Crippen molar-refractivity contribution in [3.63, 3.8) is 0 Å². The van der Waals surface area contributed by atoms with E-state index in [1.165, 1.54) is 27.7 Å². The van der Waals surface area contributed by atoms with Gasteiger partial charge in [0.15, 0.2) is 4.34 Å². The smallest absolute Gasteiger partial charge is 0.268 e. The lowest BCUT2D eigenvalue weighted by molar-refractivity contribution is 0.0953. The van der Waals surface area contributed by atoms with Crippen LogP contribution in [0.25, 0.3) is 5.69 Å². The second kappa shape index (κ2) is 8.24. The largest absolute Gasteiger partial charge is 0.351 e. The van der Waals surface area contributed by atoms with Crippen molar-refractivity contribution in [2.75, 3.05) is 12.3 Å².